The number of ether oxygens (including phenoxy) is 2. The first-order valence-electron chi connectivity index (χ1n) is 8.78. The van der Waals surface area contributed by atoms with Crippen molar-refractivity contribution in [3.8, 4) is 11.4 Å². The zero-order valence-corrected chi connectivity index (χ0v) is 15.6. The molecule has 0 atom stereocenters. The van der Waals surface area contributed by atoms with Crippen molar-refractivity contribution in [2.24, 2.45) is 0 Å². The molecule has 0 radical (unpaired) electrons. The lowest BCUT2D eigenvalue weighted by atomic mass is 10.1. The number of ketones is 1. The maximum atomic E-state index is 13.5. The van der Waals surface area contributed by atoms with Crippen molar-refractivity contribution in [2.45, 2.75) is 13.8 Å². The Balaban J connectivity index is 1.61. The van der Waals surface area contributed by atoms with Crippen LogP contribution in [0.2, 0.25) is 0 Å². The van der Waals surface area contributed by atoms with Crippen molar-refractivity contribution in [1.82, 2.24) is 4.57 Å². The van der Waals surface area contributed by atoms with Gasteiger partial charge in [0.05, 0.1) is 0 Å². The molecular formula is C22H20FNO4. The lowest BCUT2D eigenvalue weighted by Crippen LogP contribution is -2.20. The van der Waals surface area contributed by atoms with Crippen molar-refractivity contribution in [3.63, 3.8) is 0 Å². The standard InChI is InChI=1S/C22H20FNO4/c1-15-12-18(16(2)24(15)17-8-4-3-5-9-17)20(25)13-28-22(26)14-27-21-11-7-6-10-19(21)23/h3-12H,13-14H2,1-2H3. The van der Waals surface area contributed by atoms with Gasteiger partial charge in [-0.3, -0.25) is 4.79 Å². The summed E-state index contributed by atoms with van der Waals surface area (Å²) in [6, 6.07) is 17.2. The highest BCUT2D eigenvalue weighted by Gasteiger charge is 2.18. The highest BCUT2D eigenvalue weighted by molar-refractivity contribution is 5.99. The van der Waals surface area contributed by atoms with Gasteiger partial charge in [0, 0.05) is 22.6 Å². The van der Waals surface area contributed by atoms with Crippen LogP contribution in [0.25, 0.3) is 5.69 Å². The van der Waals surface area contributed by atoms with Gasteiger partial charge in [-0.05, 0) is 44.2 Å². The van der Waals surface area contributed by atoms with Crippen LogP contribution in [0.3, 0.4) is 0 Å². The number of aromatic nitrogens is 1. The Hall–Kier alpha value is -3.41. The van der Waals surface area contributed by atoms with E-state index in [9.17, 15) is 14.0 Å². The fraction of sp³-hybridized carbons (Fsp3) is 0.182. The summed E-state index contributed by atoms with van der Waals surface area (Å²) in [6.07, 6.45) is 0. The molecule has 0 spiro atoms. The van der Waals surface area contributed by atoms with Crippen LogP contribution in [-0.4, -0.2) is 29.5 Å². The molecule has 144 valence electrons. The molecule has 0 aliphatic carbocycles. The van der Waals surface area contributed by atoms with Gasteiger partial charge in [-0.25, -0.2) is 9.18 Å². The molecule has 3 aromatic rings. The van der Waals surface area contributed by atoms with Crippen LogP contribution >= 0.6 is 0 Å². The Morgan fingerprint density at radius 2 is 1.64 bits per heavy atom. The highest BCUT2D eigenvalue weighted by Crippen LogP contribution is 2.21. The summed E-state index contributed by atoms with van der Waals surface area (Å²) in [5.41, 5.74) is 3.12. The zero-order valence-electron chi connectivity index (χ0n) is 15.6. The van der Waals surface area contributed by atoms with E-state index in [2.05, 4.69) is 0 Å². The van der Waals surface area contributed by atoms with E-state index in [0.717, 1.165) is 17.1 Å². The fourth-order valence-corrected chi connectivity index (χ4v) is 2.98. The Kier molecular flexibility index (Phi) is 5.89. The first-order valence-corrected chi connectivity index (χ1v) is 8.78. The van der Waals surface area contributed by atoms with Gasteiger partial charge in [-0.1, -0.05) is 30.3 Å². The molecule has 6 heteroatoms. The number of aryl methyl sites for hydroxylation is 1. The van der Waals surface area contributed by atoms with E-state index in [4.69, 9.17) is 9.47 Å². The third-order valence-electron chi connectivity index (χ3n) is 4.29. The molecule has 28 heavy (non-hydrogen) atoms. The smallest absolute Gasteiger partial charge is 0.344 e. The second-order valence-corrected chi connectivity index (χ2v) is 6.26. The van der Waals surface area contributed by atoms with Crippen LogP contribution in [0.5, 0.6) is 5.75 Å². The predicted octanol–water partition coefficient (Wildman–Crippen LogP) is 4.04. The molecule has 0 amide bonds. The number of hydrogen-bond acceptors (Lipinski definition) is 4. The fourth-order valence-electron chi connectivity index (χ4n) is 2.98. The summed E-state index contributed by atoms with van der Waals surface area (Å²) in [6.45, 7) is 2.87. The molecule has 2 aromatic carbocycles. The average molecular weight is 381 g/mol. The van der Waals surface area contributed by atoms with Gasteiger partial charge >= 0.3 is 5.97 Å². The summed E-state index contributed by atoms with van der Waals surface area (Å²) in [5.74, 6) is -1.67. The number of benzene rings is 2. The van der Waals surface area contributed by atoms with E-state index in [1.165, 1.54) is 18.2 Å². The molecule has 5 nitrogen and oxygen atoms in total. The van der Waals surface area contributed by atoms with Crippen LogP contribution in [0.4, 0.5) is 4.39 Å². The molecule has 0 aliphatic rings. The van der Waals surface area contributed by atoms with Crippen LogP contribution in [0, 0.1) is 19.7 Å². The van der Waals surface area contributed by atoms with Crippen LogP contribution in [-0.2, 0) is 9.53 Å². The molecule has 1 heterocycles. The summed E-state index contributed by atoms with van der Waals surface area (Å²) < 4.78 is 25.5. The number of para-hydroxylation sites is 2. The lowest BCUT2D eigenvalue weighted by molar-refractivity contribution is -0.144. The number of esters is 1. The second-order valence-electron chi connectivity index (χ2n) is 6.26. The SMILES string of the molecule is Cc1cc(C(=O)COC(=O)COc2ccccc2F)c(C)n1-c1ccccc1. The Bertz CT molecular complexity index is 995. The van der Waals surface area contributed by atoms with Crippen LogP contribution in [0.15, 0.2) is 60.7 Å². The van der Waals surface area contributed by atoms with Crippen LogP contribution < -0.4 is 4.74 Å². The maximum Gasteiger partial charge on any atom is 0.344 e. The van der Waals surface area contributed by atoms with Crippen LogP contribution in [0.1, 0.15) is 21.7 Å². The van der Waals surface area contributed by atoms with E-state index in [0.29, 0.717) is 5.56 Å². The Morgan fingerprint density at radius 1 is 0.964 bits per heavy atom. The molecule has 3 rings (SSSR count). The number of nitrogens with zero attached hydrogens (tertiary/aromatic N) is 1. The topological polar surface area (TPSA) is 57.5 Å². The minimum Gasteiger partial charge on any atom is -0.479 e. The van der Waals surface area contributed by atoms with E-state index in [1.807, 2.05) is 48.7 Å². The Labute approximate surface area is 162 Å². The first kappa shape index (κ1) is 19.4. The van der Waals surface area contributed by atoms with E-state index >= 15 is 0 Å². The molecule has 0 aliphatic heterocycles. The zero-order chi connectivity index (χ0) is 20.1. The van der Waals surface area contributed by atoms with Crippen molar-refractivity contribution in [1.29, 1.82) is 0 Å². The second kappa shape index (κ2) is 8.52. The number of hydrogen-bond donors (Lipinski definition) is 0. The molecule has 0 unspecified atom stereocenters. The third kappa shape index (κ3) is 4.28. The van der Waals surface area contributed by atoms with E-state index < -0.39 is 25.0 Å². The lowest BCUT2D eigenvalue weighted by Gasteiger charge is -2.10. The number of Topliss-reactive ketones (excluding diaryl/α,β-unsaturated/α-hetero) is 1. The molecule has 0 saturated heterocycles. The quantitative estimate of drug-likeness (QED) is 0.458. The normalized spacial score (nSPS) is 10.5. The van der Waals surface area contributed by atoms with E-state index in [-0.39, 0.29) is 11.5 Å². The number of rotatable bonds is 7. The van der Waals surface area contributed by atoms with Crippen molar-refractivity contribution in [2.75, 3.05) is 13.2 Å². The highest BCUT2D eigenvalue weighted by atomic mass is 19.1. The molecule has 0 bridgehead atoms. The third-order valence-corrected chi connectivity index (χ3v) is 4.29. The van der Waals surface area contributed by atoms with Crippen molar-refractivity contribution < 1.29 is 23.5 Å². The van der Waals surface area contributed by atoms with Gasteiger partial charge in [0.1, 0.15) is 0 Å². The monoisotopic (exact) mass is 381 g/mol. The Morgan fingerprint density at radius 3 is 2.36 bits per heavy atom. The minimum absolute atomic E-state index is 0.0443. The number of carbonyl (C=O) groups is 2. The van der Waals surface area contributed by atoms with Crippen molar-refractivity contribution >= 4 is 11.8 Å². The maximum absolute atomic E-state index is 13.5. The van der Waals surface area contributed by atoms with Crippen molar-refractivity contribution in [3.05, 3.63) is 83.4 Å². The molecule has 0 saturated carbocycles. The van der Waals surface area contributed by atoms with Gasteiger partial charge < -0.3 is 14.0 Å². The van der Waals surface area contributed by atoms with Gasteiger partial charge in [0.2, 0.25) is 5.78 Å². The van der Waals surface area contributed by atoms with Gasteiger partial charge in [-0.15, -0.1) is 0 Å². The first-order chi connectivity index (χ1) is 13.5. The summed E-state index contributed by atoms with van der Waals surface area (Å²) in [7, 11) is 0. The molecule has 0 fully saturated rings. The summed E-state index contributed by atoms with van der Waals surface area (Å²) in [4.78, 5) is 24.3. The number of halogens is 1. The van der Waals surface area contributed by atoms with Gasteiger partial charge in [0.25, 0.3) is 0 Å². The number of carbonyl (C=O) groups excluding carboxylic acids is 2. The summed E-state index contributed by atoms with van der Waals surface area (Å²) in [5, 5.41) is 0. The average Bonchev–Trinajstić information content (AvgIpc) is 3.00. The van der Waals surface area contributed by atoms with Gasteiger partial charge in [0.15, 0.2) is 24.8 Å². The van der Waals surface area contributed by atoms with Gasteiger partial charge in [-0.2, -0.15) is 0 Å². The summed E-state index contributed by atoms with van der Waals surface area (Å²) >= 11 is 0. The minimum atomic E-state index is -0.742. The molecular weight excluding hydrogens is 361 g/mol. The van der Waals surface area contributed by atoms with E-state index in [1.54, 1.807) is 12.1 Å². The molecule has 0 N–H and O–H groups in total. The predicted molar refractivity (Wildman–Crippen MR) is 102 cm³/mol. The molecule has 1 aromatic heterocycles. The largest absolute Gasteiger partial charge is 0.479 e.